The highest BCUT2D eigenvalue weighted by atomic mass is 32.2. The number of hydrogen-bond donors (Lipinski definition) is 0. The number of hydrazone groups is 1. The van der Waals surface area contributed by atoms with Crippen molar-refractivity contribution in [3.05, 3.63) is 59.9 Å². The standard InChI is InChI=1S/C16H15N3OS/c1-21-15-7-3-2-6-13(15)14-8-10-19(18-14)16(20)12-5-4-9-17-11-12/h2-7,9,11H,8,10H2,1H3. The van der Waals surface area contributed by atoms with E-state index in [2.05, 4.69) is 22.2 Å². The zero-order chi connectivity index (χ0) is 14.7. The fourth-order valence-corrected chi connectivity index (χ4v) is 2.93. The van der Waals surface area contributed by atoms with Gasteiger partial charge >= 0.3 is 0 Å². The van der Waals surface area contributed by atoms with Crippen LogP contribution in [0.2, 0.25) is 0 Å². The van der Waals surface area contributed by atoms with Crippen molar-refractivity contribution in [3.8, 4) is 0 Å². The van der Waals surface area contributed by atoms with Crippen LogP contribution in [0.25, 0.3) is 0 Å². The molecule has 1 aromatic carbocycles. The quantitative estimate of drug-likeness (QED) is 0.818. The highest BCUT2D eigenvalue weighted by Gasteiger charge is 2.23. The van der Waals surface area contributed by atoms with Gasteiger partial charge in [-0.05, 0) is 24.5 Å². The molecule has 106 valence electrons. The predicted molar refractivity (Wildman–Crippen MR) is 84.7 cm³/mol. The summed E-state index contributed by atoms with van der Waals surface area (Å²) < 4.78 is 0. The van der Waals surface area contributed by atoms with Crippen LogP contribution in [0.15, 0.2) is 58.8 Å². The van der Waals surface area contributed by atoms with Crippen LogP contribution in [0.5, 0.6) is 0 Å². The Labute approximate surface area is 127 Å². The minimum absolute atomic E-state index is 0.0975. The zero-order valence-corrected chi connectivity index (χ0v) is 12.5. The number of amides is 1. The van der Waals surface area contributed by atoms with Gasteiger partial charge in [-0.25, -0.2) is 5.01 Å². The molecule has 4 nitrogen and oxygen atoms in total. The van der Waals surface area contributed by atoms with Crippen LogP contribution in [-0.2, 0) is 0 Å². The lowest BCUT2D eigenvalue weighted by molar-refractivity contribution is 0.0778. The first-order valence-corrected chi connectivity index (χ1v) is 7.95. The summed E-state index contributed by atoms with van der Waals surface area (Å²) in [7, 11) is 0. The maximum atomic E-state index is 12.4. The molecule has 0 aliphatic carbocycles. The molecule has 0 bridgehead atoms. The normalized spacial score (nSPS) is 14.1. The monoisotopic (exact) mass is 297 g/mol. The van der Waals surface area contributed by atoms with E-state index >= 15 is 0 Å². The average molecular weight is 297 g/mol. The molecule has 0 radical (unpaired) electrons. The lowest BCUT2D eigenvalue weighted by Crippen LogP contribution is -2.23. The van der Waals surface area contributed by atoms with Gasteiger partial charge in [0.1, 0.15) is 0 Å². The van der Waals surface area contributed by atoms with Gasteiger partial charge in [0, 0.05) is 29.3 Å². The zero-order valence-electron chi connectivity index (χ0n) is 11.7. The summed E-state index contributed by atoms with van der Waals surface area (Å²) in [5, 5.41) is 6.03. The molecule has 0 fully saturated rings. The summed E-state index contributed by atoms with van der Waals surface area (Å²) in [4.78, 5) is 17.5. The van der Waals surface area contributed by atoms with E-state index in [-0.39, 0.29) is 5.91 Å². The molecule has 0 spiro atoms. The van der Waals surface area contributed by atoms with Crippen LogP contribution >= 0.6 is 11.8 Å². The maximum absolute atomic E-state index is 12.4. The van der Waals surface area contributed by atoms with Crippen molar-refractivity contribution in [2.45, 2.75) is 11.3 Å². The van der Waals surface area contributed by atoms with Gasteiger partial charge < -0.3 is 0 Å². The molecular weight excluding hydrogens is 282 g/mol. The van der Waals surface area contributed by atoms with Gasteiger partial charge in [0.05, 0.1) is 17.8 Å². The Hall–Kier alpha value is -2.14. The summed E-state index contributed by atoms with van der Waals surface area (Å²) >= 11 is 1.69. The number of nitrogens with zero attached hydrogens (tertiary/aromatic N) is 3. The molecule has 0 saturated heterocycles. The Bertz CT molecular complexity index is 685. The molecule has 1 aliphatic heterocycles. The van der Waals surface area contributed by atoms with E-state index < -0.39 is 0 Å². The second kappa shape index (κ2) is 6.10. The molecule has 2 heterocycles. The van der Waals surface area contributed by atoms with Gasteiger partial charge in [0.15, 0.2) is 0 Å². The molecule has 2 aromatic rings. The smallest absolute Gasteiger partial charge is 0.267 e. The molecular formula is C16H15N3OS. The van der Waals surface area contributed by atoms with Crippen molar-refractivity contribution in [2.24, 2.45) is 5.10 Å². The van der Waals surface area contributed by atoms with E-state index in [0.29, 0.717) is 12.1 Å². The first-order chi connectivity index (χ1) is 10.3. The summed E-state index contributed by atoms with van der Waals surface area (Å²) in [5.74, 6) is -0.0975. The van der Waals surface area contributed by atoms with Crippen LogP contribution in [0.4, 0.5) is 0 Å². The van der Waals surface area contributed by atoms with Crippen molar-refractivity contribution in [1.82, 2.24) is 9.99 Å². The Kier molecular flexibility index (Phi) is 4.01. The van der Waals surface area contributed by atoms with Gasteiger partial charge in [-0.15, -0.1) is 11.8 Å². The van der Waals surface area contributed by atoms with Crippen LogP contribution < -0.4 is 0 Å². The van der Waals surface area contributed by atoms with Crippen molar-refractivity contribution < 1.29 is 4.79 Å². The molecule has 3 rings (SSSR count). The summed E-state index contributed by atoms with van der Waals surface area (Å²) in [5.41, 5.74) is 2.66. The van der Waals surface area contributed by atoms with E-state index in [9.17, 15) is 4.79 Å². The third-order valence-electron chi connectivity index (χ3n) is 3.36. The third kappa shape index (κ3) is 2.83. The van der Waals surface area contributed by atoms with Crippen molar-refractivity contribution in [1.29, 1.82) is 0 Å². The van der Waals surface area contributed by atoms with E-state index in [4.69, 9.17) is 0 Å². The van der Waals surface area contributed by atoms with Crippen LogP contribution in [0.3, 0.4) is 0 Å². The third-order valence-corrected chi connectivity index (χ3v) is 4.16. The average Bonchev–Trinajstić information content (AvgIpc) is 3.04. The number of aromatic nitrogens is 1. The van der Waals surface area contributed by atoms with Gasteiger partial charge in [0.25, 0.3) is 5.91 Å². The number of benzene rings is 1. The second-order valence-corrected chi connectivity index (χ2v) is 5.52. The van der Waals surface area contributed by atoms with E-state index in [0.717, 1.165) is 17.7 Å². The number of hydrogen-bond acceptors (Lipinski definition) is 4. The van der Waals surface area contributed by atoms with Crippen molar-refractivity contribution >= 4 is 23.4 Å². The van der Waals surface area contributed by atoms with E-state index in [1.165, 1.54) is 9.90 Å². The Morgan fingerprint density at radius 1 is 1.24 bits per heavy atom. The largest absolute Gasteiger partial charge is 0.275 e. The summed E-state index contributed by atoms with van der Waals surface area (Å²) in [6.07, 6.45) is 6.06. The number of carbonyl (C=O) groups is 1. The lowest BCUT2D eigenvalue weighted by Gasteiger charge is -2.10. The van der Waals surface area contributed by atoms with Crippen LogP contribution in [0, 0.1) is 0 Å². The van der Waals surface area contributed by atoms with Crippen LogP contribution in [-0.4, -0.2) is 34.4 Å². The molecule has 1 aromatic heterocycles. The highest BCUT2D eigenvalue weighted by Crippen LogP contribution is 2.24. The Balaban J connectivity index is 1.86. The number of rotatable bonds is 3. The fraction of sp³-hybridized carbons (Fsp3) is 0.188. The number of thioether (sulfide) groups is 1. The van der Waals surface area contributed by atoms with Crippen molar-refractivity contribution in [2.75, 3.05) is 12.8 Å². The molecule has 0 atom stereocenters. The SMILES string of the molecule is CSc1ccccc1C1=NN(C(=O)c2cccnc2)CC1. The van der Waals surface area contributed by atoms with Crippen LogP contribution in [0.1, 0.15) is 22.3 Å². The first-order valence-electron chi connectivity index (χ1n) is 6.72. The Morgan fingerprint density at radius 2 is 2.10 bits per heavy atom. The molecule has 5 heteroatoms. The van der Waals surface area contributed by atoms with E-state index in [1.807, 2.05) is 18.4 Å². The number of carbonyl (C=O) groups excluding carboxylic acids is 1. The fourth-order valence-electron chi connectivity index (χ4n) is 2.31. The molecule has 1 amide bonds. The molecule has 1 aliphatic rings. The molecule has 0 N–H and O–H groups in total. The van der Waals surface area contributed by atoms with Crippen molar-refractivity contribution in [3.63, 3.8) is 0 Å². The predicted octanol–water partition coefficient (Wildman–Crippen LogP) is 3.05. The van der Waals surface area contributed by atoms with Gasteiger partial charge in [-0.2, -0.15) is 5.10 Å². The number of pyridine rings is 1. The molecule has 21 heavy (non-hydrogen) atoms. The topological polar surface area (TPSA) is 45.6 Å². The maximum Gasteiger partial charge on any atom is 0.275 e. The Morgan fingerprint density at radius 3 is 2.86 bits per heavy atom. The summed E-state index contributed by atoms with van der Waals surface area (Å²) in [6, 6.07) is 11.7. The van der Waals surface area contributed by atoms with Gasteiger partial charge in [0.2, 0.25) is 0 Å². The van der Waals surface area contributed by atoms with Gasteiger partial charge in [-0.3, -0.25) is 9.78 Å². The summed E-state index contributed by atoms with van der Waals surface area (Å²) in [6.45, 7) is 0.617. The highest BCUT2D eigenvalue weighted by molar-refractivity contribution is 7.98. The van der Waals surface area contributed by atoms with E-state index in [1.54, 1.807) is 36.3 Å². The van der Waals surface area contributed by atoms with Gasteiger partial charge in [-0.1, -0.05) is 18.2 Å². The minimum Gasteiger partial charge on any atom is -0.267 e. The second-order valence-electron chi connectivity index (χ2n) is 4.67. The molecule has 0 saturated carbocycles. The molecule has 0 unspecified atom stereocenters. The lowest BCUT2D eigenvalue weighted by atomic mass is 10.1. The minimum atomic E-state index is -0.0975. The first kappa shape index (κ1) is 13.8.